The first-order valence-electron chi connectivity index (χ1n) is 10.2. The van der Waals surface area contributed by atoms with E-state index in [0.717, 1.165) is 30.2 Å². The van der Waals surface area contributed by atoms with Crippen molar-refractivity contribution in [3.05, 3.63) is 76.6 Å². The number of rotatable bonds is 5. The van der Waals surface area contributed by atoms with Crippen LogP contribution >= 0.6 is 11.6 Å². The van der Waals surface area contributed by atoms with Crippen LogP contribution in [0.25, 0.3) is 17.1 Å². The summed E-state index contributed by atoms with van der Waals surface area (Å²) in [4.78, 5) is 17.2. The van der Waals surface area contributed by atoms with E-state index in [-0.39, 0.29) is 10.7 Å². The lowest BCUT2D eigenvalue weighted by atomic mass is 9.85. The summed E-state index contributed by atoms with van der Waals surface area (Å²) in [6, 6.07) is 11.6. The predicted molar refractivity (Wildman–Crippen MR) is 118 cm³/mol. The van der Waals surface area contributed by atoms with Crippen LogP contribution in [0.15, 0.2) is 53.2 Å². The van der Waals surface area contributed by atoms with Crippen molar-refractivity contribution in [3.8, 4) is 17.1 Å². The average Bonchev–Trinajstić information content (AvgIpc) is 3.36. The summed E-state index contributed by atoms with van der Waals surface area (Å²) < 4.78 is 21.0. The van der Waals surface area contributed by atoms with Crippen molar-refractivity contribution in [2.45, 2.75) is 32.1 Å². The molecule has 0 bridgehead atoms. The molecule has 1 aliphatic carbocycles. The maximum Gasteiger partial charge on any atom is 0.259 e. The quantitative estimate of drug-likeness (QED) is 0.430. The van der Waals surface area contributed by atoms with Crippen molar-refractivity contribution >= 4 is 23.2 Å². The fraction of sp³-hybridized carbons (Fsp3) is 0.217. The molecule has 0 unspecified atom stereocenters. The zero-order valence-electron chi connectivity index (χ0n) is 17.2. The van der Waals surface area contributed by atoms with Gasteiger partial charge in [0.2, 0.25) is 11.7 Å². The van der Waals surface area contributed by atoms with Crippen LogP contribution in [0.4, 0.5) is 10.1 Å². The van der Waals surface area contributed by atoms with Gasteiger partial charge in [0.1, 0.15) is 5.82 Å². The molecule has 32 heavy (non-hydrogen) atoms. The average molecular weight is 452 g/mol. The highest BCUT2D eigenvalue weighted by atomic mass is 35.5. The second kappa shape index (κ2) is 8.20. The second-order valence-electron chi connectivity index (χ2n) is 7.78. The Bertz CT molecular complexity index is 1290. The van der Waals surface area contributed by atoms with E-state index < -0.39 is 11.7 Å². The molecule has 2 aromatic heterocycles. The van der Waals surface area contributed by atoms with Crippen molar-refractivity contribution in [3.63, 3.8) is 0 Å². The van der Waals surface area contributed by atoms with Gasteiger partial charge in [0, 0.05) is 22.7 Å². The molecule has 1 saturated carbocycles. The van der Waals surface area contributed by atoms with Crippen LogP contribution in [0, 0.1) is 12.7 Å². The van der Waals surface area contributed by atoms with Crippen LogP contribution in [-0.2, 0) is 0 Å². The van der Waals surface area contributed by atoms with Crippen molar-refractivity contribution in [1.82, 2.24) is 19.9 Å². The van der Waals surface area contributed by atoms with Crippen LogP contribution in [0.3, 0.4) is 0 Å². The molecule has 0 spiro atoms. The van der Waals surface area contributed by atoms with Crippen molar-refractivity contribution in [2.24, 2.45) is 0 Å². The number of carbonyl (C=O) groups excluding carboxylic acids is 1. The second-order valence-corrected chi connectivity index (χ2v) is 8.22. The fourth-order valence-corrected chi connectivity index (χ4v) is 3.69. The normalized spacial score (nSPS) is 13.7. The lowest BCUT2D eigenvalue weighted by Crippen LogP contribution is -2.13. The molecule has 0 aliphatic heterocycles. The minimum absolute atomic E-state index is 0.0530. The molecule has 7 nitrogen and oxygen atoms in total. The van der Waals surface area contributed by atoms with Crippen LogP contribution in [0.2, 0.25) is 5.02 Å². The summed E-state index contributed by atoms with van der Waals surface area (Å²) in [6.07, 6.45) is 5.01. The van der Waals surface area contributed by atoms with E-state index in [2.05, 4.69) is 20.6 Å². The van der Waals surface area contributed by atoms with Gasteiger partial charge >= 0.3 is 0 Å². The third-order valence-electron chi connectivity index (χ3n) is 5.61. The van der Waals surface area contributed by atoms with E-state index >= 15 is 0 Å². The molecule has 0 radical (unpaired) electrons. The maximum absolute atomic E-state index is 14.0. The first kappa shape index (κ1) is 20.4. The Kier molecular flexibility index (Phi) is 5.22. The Morgan fingerprint density at radius 2 is 2.00 bits per heavy atom. The third-order valence-corrected chi connectivity index (χ3v) is 5.84. The first-order chi connectivity index (χ1) is 15.5. The van der Waals surface area contributed by atoms with Gasteiger partial charge in [0.25, 0.3) is 5.91 Å². The molecule has 2 heterocycles. The zero-order chi connectivity index (χ0) is 22.2. The summed E-state index contributed by atoms with van der Waals surface area (Å²) >= 11 is 5.76. The van der Waals surface area contributed by atoms with Gasteiger partial charge in [-0.15, -0.1) is 0 Å². The van der Waals surface area contributed by atoms with Crippen LogP contribution < -0.4 is 5.32 Å². The Morgan fingerprint density at radius 3 is 2.69 bits per heavy atom. The smallest absolute Gasteiger partial charge is 0.259 e. The molecule has 2 aromatic carbocycles. The summed E-state index contributed by atoms with van der Waals surface area (Å²) in [6.45, 7) is 1.72. The largest absolute Gasteiger partial charge is 0.339 e. The number of aromatic nitrogens is 4. The first-order valence-corrected chi connectivity index (χ1v) is 10.6. The number of nitrogens with one attached hydrogen (secondary N) is 1. The fourth-order valence-electron chi connectivity index (χ4n) is 3.53. The highest BCUT2D eigenvalue weighted by molar-refractivity contribution is 6.30. The van der Waals surface area contributed by atoms with E-state index in [1.165, 1.54) is 18.6 Å². The molecular weight excluding hydrogens is 433 g/mol. The topological polar surface area (TPSA) is 85.8 Å². The lowest BCUT2D eigenvalue weighted by molar-refractivity contribution is 0.102. The lowest BCUT2D eigenvalue weighted by Gasteiger charge is -2.20. The number of hydrogen-bond acceptors (Lipinski definition) is 5. The van der Waals surface area contributed by atoms with Gasteiger partial charge in [0.15, 0.2) is 0 Å². The van der Waals surface area contributed by atoms with Gasteiger partial charge in [-0.2, -0.15) is 10.1 Å². The summed E-state index contributed by atoms with van der Waals surface area (Å²) in [5, 5.41) is 11.3. The van der Waals surface area contributed by atoms with E-state index in [4.69, 9.17) is 16.1 Å². The van der Waals surface area contributed by atoms with Gasteiger partial charge in [0.05, 0.1) is 22.6 Å². The monoisotopic (exact) mass is 451 g/mol. The molecule has 4 aromatic rings. The maximum atomic E-state index is 14.0. The van der Waals surface area contributed by atoms with Gasteiger partial charge in [-0.25, -0.2) is 9.07 Å². The summed E-state index contributed by atoms with van der Waals surface area (Å²) in [7, 11) is 0. The number of benzene rings is 2. The van der Waals surface area contributed by atoms with Crippen molar-refractivity contribution in [1.29, 1.82) is 0 Å². The number of nitrogens with zero attached hydrogens (tertiary/aromatic N) is 4. The molecule has 5 rings (SSSR count). The summed E-state index contributed by atoms with van der Waals surface area (Å²) in [5.41, 5.74) is 2.51. The number of anilines is 1. The molecule has 162 valence electrons. The van der Waals surface area contributed by atoms with Crippen LogP contribution in [0.5, 0.6) is 0 Å². The number of hydrogen-bond donors (Lipinski definition) is 1. The van der Waals surface area contributed by atoms with Gasteiger partial charge in [-0.3, -0.25) is 4.79 Å². The minimum atomic E-state index is -0.603. The Balaban J connectivity index is 1.33. The van der Waals surface area contributed by atoms with Gasteiger partial charge in [-0.05, 0) is 62.2 Å². The van der Waals surface area contributed by atoms with E-state index in [0.29, 0.717) is 28.9 Å². The number of aryl methyl sites for hydroxylation is 1. The third kappa shape index (κ3) is 3.89. The minimum Gasteiger partial charge on any atom is -0.339 e. The van der Waals surface area contributed by atoms with E-state index in [9.17, 15) is 9.18 Å². The number of amides is 1. The molecule has 0 saturated heterocycles. The van der Waals surface area contributed by atoms with Crippen LogP contribution in [0.1, 0.15) is 47.1 Å². The standard InChI is InChI=1S/C23H19ClFN5O2/c1-13-18(22(31)26-20-10-7-16(24)11-19(20)25)12-30(28-13)17-8-5-14(6-9-17)21-27-23(32-29-21)15-3-2-4-15/h5-12,15H,2-4H2,1H3,(H,26,31). The number of halogens is 2. The SMILES string of the molecule is Cc1nn(-c2ccc(-c3noc(C4CCC4)n3)cc2)cc1C(=O)Nc1ccc(Cl)cc1F. The predicted octanol–water partition coefficient (Wildman–Crippen LogP) is 5.54. The Morgan fingerprint density at radius 1 is 1.22 bits per heavy atom. The molecule has 1 amide bonds. The highest BCUT2D eigenvalue weighted by Crippen LogP contribution is 2.36. The van der Waals surface area contributed by atoms with E-state index in [1.54, 1.807) is 17.8 Å². The molecule has 1 fully saturated rings. The number of carbonyl (C=O) groups is 1. The van der Waals surface area contributed by atoms with Crippen molar-refractivity contribution in [2.75, 3.05) is 5.32 Å². The molecule has 1 aliphatic rings. The molecule has 0 atom stereocenters. The Hall–Kier alpha value is -3.52. The van der Waals surface area contributed by atoms with Gasteiger partial charge in [-0.1, -0.05) is 23.2 Å². The van der Waals surface area contributed by atoms with Crippen LogP contribution in [-0.4, -0.2) is 25.8 Å². The zero-order valence-corrected chi connectivity index (χ0v) is 17.9. The highest BCUT2D eigenvalue weighted by Gasteiger charge is 2.25. The molecule has 1 N–H and O–H groups in total. The van der Waals surface area contributed by atoms with Crippen molar-refractivity contribution < 1.29 is 13.7 Å². The Labute approximate surface area is 188 Å². The summed E-state index contributed by atoms with van der Waals surface area (Å²) in [5.74, 6) is 0.578. The molecule has 9 heteroatoms. The van der Waals surface area contributed by atoms with E-state index in [1.807, 2.05) is 24.3 Å². The van der Waals surface area contributed by atoms with Gasteiger partial charge < -0.3 is 9.84 Å². The molecular formula is C23H19ClFN5O2.